The molecule has 0 bridgehead atoms. The summed E-state index contributed by atoms with van der Waals surface area (Å²) in [6, 6.07) is 2.60. The van der Waals surface area contributed by atoms with Gasteiger partial charge < -0.3 is 15.0 Å². The highest BCUT2D eigenvalue weighted by Gasteiger charge is 2.14. The first-order valence-electron chi connectivity index (χ1n) is 6.45. The van der Waals surface area contributed by atoms with Gasteiger partial charge in [-0.25, -0.2) is 0 Å². The van der Waals surface area contributed by atoms with E-state index in [4.69, 9.17) is 4.74 Å². The molecule has 4 heteroatoms. The summed E-state index contributed by atoms with van der Waals surface area (Å²) in [7, 11) is 3.70. The zero-order valence-electron chi connectivity index (χ0n) is 12.2. The molecule has 0 spiro atoms. The molecule has 1 N–H and O–H groups in total. The van der Waals surface area contributed by atoms with Crippen molar-refractivity contribution >= 4 is 5.69 Å². The van der Waals surface area contributed by atoms with Crippen molar-refractivity contribution in [2.75, 3.05) is 32.2 Å². The maximum absolute atomic E-state index is 5.20. The van der Waals surface area contributed by atoms with Crippen LogP contribution in [0.25, 0.3) is 0 Å². The predicted molar refractivity (Wildman–Crippen MR) is 76.1 cm³/mol. The second-order valence-corrected chi connectivity index (χ2v) is 4.76. The molecular weight excluding hydrogens is 226 g/mol. The Morgan fingerprint density at radius 1 is 1.44 bits per heavy atom. The topological polar surface area (TPSA) is 37.4 Å². The van der Waals surface area contributed by atoms with E-state index in [0.717, 1.165) is 25.4 Å². The summed E-state index contributed by atoms with van der Waals surface area (Å²) in [4.78, 5) is 6.75. The minimum absolute atomic E-state index is 0.442. The Labute approximate surface area is 110 Å². The molecule has 18 heavy (non-hydrogen) atoms. The Hall–Kier alpha value is -1.13. The van der Waals surface area contributed by atoms with Crippen LogP contribution in [0.5, 0.6) is 0 Å². The average molecular weight is 251 g/mol. The molecule has 1 rings (SSSR count). The van der Waals surface area contributed by atoms with Crippen LogP contribution >= 0.6 is 0 Å². The average Bonchev–Trinajstić information content (AvgIpc) is 2.32. The van der Waals surface area contributed by atoms with Gasteiger partial charge in [0.05, 0.1) is 6.61 Å². The van der Waals surface area contributed by atoms with Crippen molar-refractivity contribution in [3.05, 3.63) is 23.5 Å². The number of nitrogens with one attached hydrogen (secondary N) is 1. The number of aryl methyl sites for hydroxylation is 1. The Kier molecular flexibility index (Phi) is 6.09. The zero-order valence-corrected chi connectivity index (χ0v) is 12.2. The van der Waals surface area contributed by atoms with Crippen LogP contribution in [-0.4, -0.2) is 38.3 Å². The Balaban J connectivity index is 3.03. The number of rotatable bonds is 7. The van der Waals surface area contributed by atoms with Crippen molar-refractivity contribution in [1.82, 2.24) is 10.3 Å². The van der Waals surface area contributed by atoms with E-state index in [-0.39, 0.29) is 0 Å². The van der Waals surface area contributed by atoms with E-state index in [1.54, 1.807) is 7.11 Å². The summed E-state index contributed by atoms with van der Waals surface area (Å²) in [5.74, 6) is 0. The van der Waals surface area contributed by atoms with Gasteiger partial charge in [-0.05, 0) is 33.9 Å². The van der Waals surface area contributed by atoms with E-state index in [9.17, 15) is 0 Å². The van der Waals surface area contributed by atoms with Crippen molar-refractivity contribution < 1.29 is 4.74 Å². The minimum atomic E-state index is 0.442. The molecule has 0 aromatic carbocycles. The van der Waals surface area contributed by atoms with Crippen LogP contribution in [-0.2, 0) is 11.3 Å². The van der Waals surface area contributed by atoms with E-state index in [1.165, 1.54) is 11.3 Å². The van der Waals surface area contributed by atoms with Crippen molar-refractivity contribution in [1.29, 1.82) is 0 Å². The molecule has 1 aromatic rings. The van der Waals surface area contributed by atoms with Crippen molar-refractivity contribution in [2.45, 2.75) is 33.4 Å². The zero-order chi connectivity index (χ0) is 13.5. The van der Waals surface area contributed by atoms with Crippen LogP contribution in [0.15, 0.2) is 12.3 Å². The smallest absolute Gasteiger partial charge is 0.0637 e. The normalized spacial score (nSPS) is 11.0. The third-order valence-electron chi connectivity index (χ3n) is 2.93. The molecule has 0 aliphatic carbocycles. The van der Waals surface area contributed by atoms with Gasteiger partial charge in [0.15, 0.2) is 0 Å². The molecule has 1 heterocycles. The van der Waals surface area contributed by atoms with E-state index >= 15 is 0 Å². The number of ether oxygens (including phenoxy) is 1. The first kappa shape index (κ1) is 14.9. The lowest BCUT2D eigenvalue weighted by molar-refractivity contribution is 0.203. The molecule has 0 saturated carbocycles. The molecule has 0 atom stereocenters. The third kappa shape index (κ3) is 3.96. The Morgan fingerprint density at radius 3 is 2.72 bits per heavy atom. The monoisotopic (exact) mass is 251 g/mol. The Morgan fingerprint density at radius 2 is 2.17 bits per heavy atom. The molecular formula is C14H25N3O. The second kappa shape index (κ2) is 7.34. The number of methoxy groups -OCH3 is 1. The summed E-state index contributed by atoms with van der Waals surface area (Å²) >= 11 is 0. The third-order valence-corrected chi connectivity index (χ3v) is 2.93. The molecule has 0 aliphatic heterocycles. The van der Waals surface area contributed by atoms with E-state index in [2.05, 4.69) is 35.1 Å². The maximum Gasteiger partial charge on any atom is 0.0637 e. The summed E-state index contributed by atoms with van der Waals surface area (Å²) in [6.07, 6.45) is 1.96. The first-order chi connectivity index (χ1) is 8.60. The lowest BCUT2D eigenvalue weighted by Crippen LogP contribution is -2.35. The molecule has 1 aromatic heterocycles. The van der Waals surface area contributed by atoms with Crippen LogP contribution in [0.1, 0.15) is 25.1 Å². The van der Waals surface area contributed by atoms with E-state index in [0.29, 0.717) is 6.04 Å². The standard InChI is InChI=1S/C14H25N3O/c1-11(2)17(6-7-18-5)14-8-12(3)16-10-13(14)9-15-4/h8,10-11,15H,6-7,9H2,1-5H3. The van der Waals surface area contributed by atoms with Gasteiger partial charge in [-0.1, -0.05) is 0 Å². The predicted octanol–water partition coefficient (Wildman–Crippen LogP) is 1.97. The number of pyridine rings is 1. The molecule has 0 radical (unpaired) electrons. The molecule has 4 nitrogen and oxygen atoms in total. The summed E-state index contributed by atoms with van der Waals surface area (Å²) in [5, 5.41) is 3.20. The number of aromatic nitrogens is 1. The SMILES string of the molecule is CNCc1cnc(C)cc1N(CCOC)C(C)C. The lowest BCUT2D eigenvalue weighted by atomic mass is 10.1. The highest BCUT2D eigenvalue weighted by molar-refractivity contribution is 5.54. The van der Waals surface area contributed by atoms with Crippen LogP contribution in [0.3, 0.4) is 0 Å². The highest BCUT2D eigenvalue weighted by atomic mass is 16.5. The Bertz CT molecular complexity index is 366. The second-order valence-electron chi connectivity index (χ2n) is 4.76. The van der Waals surface area contributed by atoms with Gasteiger partial charge in [0.2, 0.25) is 0 Å². The van der Waals surface area contributed by atoms with Gasteiger partial charge in [-0.15, -0.1) is 0 Å². The number of hydrogen-bond acceptors (Lipinski definition) is 4. The molecule has 0 amide bonds. The van der Waals surface area contributed by atoms with Crippen LogP contribution in [0.2, 0.25) is 0 Å². The largest absolute Gasteiger partial charge is 0.383 e. The van der Waals surface area contributed by atoms with Crippen LogP contribution in [0, 0.1) is 6.92 Å². The van der Waals surface area contributed by atoms with Gasteiger partial charge in [0.25, 0.3) is 0 Å². The molecule has 0 aliphatic rings. The van der Waals surface area contributed by atoms with Crippen LogP contribution in [0.4, 0.5) is 5.69 Å². The lowest BCUT2D eigenvalue weighted by Gasteiger charge is -2.31. The van der Waals surface area contributed by atoms with Gasteiger partial charge in [0.1, 0.15) is 0 Å². The van der Waals surface area contributed by atoms with Crippen molar-refractivity contribution in [3.63, 3.8) is 0 Å². The fourth-order valence-corrected chi connectivity index (χ4v) is 2.01. The minimum Gasteiger partial charge on any atom is -0.383 e. The van der Waals surface area contributed by atoms with Crippen LogP contribution < -0.4 is 10.2 Å². The maximum atomic E-state index is 5.20. The molecule has 0 fully saturated rings. The summed E-state index contributed by atoms with van der Waals surface area (Å²) in [6.45, 7) is 8.90. The summed E-state index contributed by atoms with van der Waals surface area (Å²) < 4.78 is 5.20. The van der Waals surface area contributed by atoms with Crippen molar-refractivity contribution in [2.24, 2.45) is 0 Å². The number of nitrogens with zero attached hydrogens (tertiary/aromatic N) is 2. The van der Waals surface area contributed by atoms with Gasteiger partial charge in [-0.3, -0.25) is 4.98 Å². The van der Waals surface area contributed by atoms with Gasteiger partial charge >= 0.3 is 0 Å². The first-order valence-corrected chi connectivity index (χ1v) is 6.45. The highest BCUT2D eigenvalue weighted by Crippen LogP contribution is 2.22. The van der Waals surface area contributed by atoms with E-state index in [1.807, 2.05) is 20.2 Å². The fraction of sp³-hybridized carbons (Fsp3) is 0.643. The molecule has 0 saturated heterocycles. The van der Waals surface area contributed by atoms with E-state index < -0.39 is 0 Å². The number of hydrogen-bond donors (Lipinski definition) is 1. The molecule has 0 unspecified atom stereocenters. The van der Waals surface area contributed by atoms with Crippen molar-refractivity contribution in [3.8, 4) is 0 Å². The molecule has 102 valence electrons. The van der Waals surface area contributed by atoms with Gasteiger partial charge in [0, 0.05) is 49.4 Å². The number of anilines is 1. The van der Waals surface area contributed by atoms with Gasteiger partial charge in [-0.2, -0.15) is 0 Å². The quantitative estimate of drug-likeness (QED) is 0.804. The summed E-state index contributed by atoms with van der Waals surface area (Å²) in [5.41, 5.74) is 3.53. The fourth-order valence-electron chi connectivity index (χ4n) is 2.01.